The molecule has 0 spiro atoms. The predicted molar refractivity (Wildman–Crippen MR) is 115 cm³/mol. The number of nitrogens with zero attached hydrogens (tertiary/aromatic N) is 1. The zero-order chi connectivity index (χ0) is 20.2. The summed E-state index contributed by atoms with van der Waals surface area (Å²) in [4.78, 5) is 12.5. The average molecular weight is 408 g/mol. The van der Waals surface area contributed by atoms with E-state index in [1.54, 1.807) is 18.2 Å². The minimum Gasteiger partial charge on any atom is -0.268 e. The maximum Gasteiger partial charge on any atom is 0.269 e. The highest BCUT2D eigenvalue weighted by Gasteiger charge is 2.40. The van der Waals surface area contributed by atoms with Crippen LogP contribution in [0.15, 0.2) is 29.2 Å². The van der Waals surface area contributed by atoms with Crippen LogP contribution < -0.4 is 0 Å². The van der Waals surface area contributed by atoms with Gasteiger partial charge >= 0.3 is 0 Å². The second-order valence-electron chi connectivity index (χ2n) is 7.97. The van der Waals surface area contributed by atoms with Crippen LogP contribution in [0.5, 0.6) is 0 Å². The van der Waals surface area contributed by atoms with Gasteiger partial charge in [0.1, 0.15) is 4.90 Å². The van der Waals surface area contributed by atoms with Gasteiger partial charge in [0.25, 0.3) is 15.9 Å². The van der Waals surface area contributed by atoms with E-state index < -0.39 is 10.0 Å². The summed E-state index contributed by atoms with van der Waals surface area (Å²) in [6, 6.07) is 6.50. The monoisotopic (exact) mass is 407 g/mol. The zero-order valence-corrected chi connectivity index (χ0v) is 18.3. The Labute approximate surface area is 171 Å². The van der Waals surface area contributed by atoms with Gasteiger partial charge in [-0.2, -0.15) is 0 Å². The van der Waals surface area contributed by atoms with Crippen molar-refractivity contribution in [3.63, 3.8) is 0 Å². The largest absolute Gasteiger partial charge is 0.269 e. The number of amides is 1. The second-order valence-corrected chi connectivity index (χ2v) is 9.81. The van der Waals surface area contributed by atoms with Crippen molar-refractivity contribution in [2.75, 3.05) is 6.54 Å². The maximum atomic E-state index is 12.5. The molecule has 158 valence electrons. The van der Waals surface area contributed by atoms with Crippen molar-refractivity contribution < 1.29 is 13.2 Å². The fraction of sp³-hybridized carbons (Fsp3) is 0.696. The highest BCUT2D eigenvalue weighted by Crippen LogP contribution is 2.30. The van der Waals surface area contributed by atoms with Crippen molar-refractivity contribution in [1.82, 2.24) is 4.31 Å². The number of hydrogen-bond donors (Lipinski definition) is 0. The van der Waals surface area contributed by atoms with Crippen LogP contribution in [0.3, 0.4) is 0 Å². The summed E-state index contributed by atoms with van der Waals surface area (Å²) in [5.41, 5.74) is 0.313. The molecule has 0 atom stereocenters. The molecule has 1 aromatic rings. The Kier molecular flexibility index (Phi) is 10.0. The Morgan fingerprint density at radius 3 is 1.68 bits per heavy atom. The third-order valence-electron chi connectivity index (χ3n) is 5.63. The number of hydrogen-bond acceptors (Lipinski definition) is 3. The van der Waals surface area contributed by atoms with E-state index in [-0.39, 0.29) is 10.8 Å². The smallest absolute Gasteiger partial charge is 0.268 e. The summed E-state index contributed by atoms with van der Waals surface area (Å²) >= 11 is 0. The number of carbonyl (C=O) groups is 1. The highest BCUT2D eigenvalue weighted by molar-refractivity contribution is 7.90. The first-order valence-electron chi connectivity index (χ1n) is 11.2. The maximum absolute atomic E-state index is 12.5. The minimum atomic E-state index is -3.63. The molecule has 2 rings (SSSR count). The molecule has 0 unspecified atom stereocenters. The zero-order valence-electron chi connectivity index (χ0n) is 17.5. The van der Waals surface area contributed by atoms with Crippen LogP contribution in [-0.4, -0.2) is 25.2 Å². The molecule has 28 heavy (non-hydrogen) atoms. The Morgan fingerprint density at radius 1 is 0.714 bits per heavy atom. The average Bonchev–Trinajstić information content (AvgIpc) is 2.89. The van der Waals surface area contributed by atoms with Gasteiger partial charge in [-0.1, -0.05) is 103 Å². The van der Waals surface area contributed by atoms with Gasteiger partial charge in [-0.15, -0.1) is 0 Å². The molecule has 0 fully saturated rings. The van der Waals surface area contributed by atoms with E-state index in [9.17, 15) is 13.2 Å². The predicted octanol–water partition coefficient (Wildman–Crippen LogP) is 6.31. The van der Waals surface area contributed by atoms with E-state index >= 15 is 0 Å². The molecular formula is C23H37NO3S. The van der Waals surface area contributed by atoms with E-state index in [1.807, 2.05) is 0 Å². The summed E-state index contributed by atoms with van der Waals surface area (Å²) in [6.07, 6.45) is 17.6. The van der Waals surface area contributed by atoms with Crippen molar-refractivity contribution in [2.45, 2.75) is 102 Å². The molecule has 5 heteroatoms. The van der Waals surface area contributed by atoms with Gasteiger partial charge in [0, 0.05) is 6.54 Å². The molecule has 1 aromatic carbocycles. The molecular weight excluding hydrogens is 370 g/mol. The lowest BCUT2D eigenvalue weighted by Crippen LogP contribution is -2.30. The lowest BCUT2D eigenvalue weighted by atomic mass is 10.0. The molecule has 1 aliphatic heterocycles. The molecule has 0 N–H and O–H groups in total. The van der Waals surface area contributed by atoms with Crippen LogP contribution in [0.2, 0.25) is 0 Å². The van der Waals surface area contributed by atoms with Crippen LogP contribution >= 0.6 is 0 Å². The number of carbonyl (C=O) groups excluding carboxylic acids is 1. The van der Waals surface area contributed by atoms with Gasteiger partial charge in [0.2, 0.25) is 0 Å². The molecule has 4 nitrogen and oxygen atoms in total. The molecule has 0 saturated heterocycles. The summed E-state index contributed by atoms with van der Waals surface area (Å²) < 4.78 is 26.0. The number of sulfonamides is 1. The molecule has 1 aliphatic rings. The molecule has 1 heterocycles. The van der Waals surface area contributed by atoms with Gasteiger partial charge < -0.3 is 0 Å². The number of fused-ring (bicyclic) bond motifs is 1. The third kappa shape index (κ3) is 6.61. The molecule has 0 radical (unpaired) electrons. The molecule has 0 aromatic heterocycles. The van der Waals surface area contributed by atoms with E-state index in [0.717, 1.165) is 23.6 Å². The number of rotatable bonds is 15. The second kappa shape index (κ2) is 12.3. The topological polar surface area (TPSA) is 54.5 Å². The molecule has 0 saturated carbocycles. The first kappa shape index (κ1) is 22.9. The minimum absolute atomic E-state index is 0.158. The molecule has 0 bridgehead atoms. The highest BCUT2D eigenvalue weighted by atomic mass is 32.2. The van der Waals surface area contributed by atoms with Crippen molar-refractivity contribution in [1.29, 1.82) is 0 Å². The van der Waals surface area contributed by atoms with Crippen LogP contribution in [0, 0.1) is 0 Å². The quantitative estimate of drug-likeness (QED) is 0.320. The van der Waals surface area contributed by atoms with Crippen molar-refractivity contribution in [3.8, 4) is 0 Å². The van der Waals surface area contributed by atoms with E-state index in [2.05, 4.69) is 6.92 Å². The Hall–Kier alpha value is -1.36. The van der Waals surface area contributed by atoms with Crippen LogP contribution in [-0.2, 0) is 10.0 Å². The lowest BCUT2D eigenvalue weighted by molar-refractivity contribution is 0.0869. The molecule has 0 aliphatic carbocycles. The van der Waals surface area contributed by atoms with Crippen LogP contribution in [0.25, 0.3) is 0 Å². The Balaban J connectivity index is 1.49. The Morgan fingerprint density at radius 2 is 1.18 bits per heavy atom. The summed E-state index contributed by atoms with van der Waals surface area (Å²) in [5.74, 6) is -0.370. The van der Waals surface area contributed by atoms with E-state index in [4.69, 9.17) is 0 Å². The first-order valence-corrected chi connectivity index (χ1v) is 12.7. The van der Waals surface area contributed by atoms with Gasteiger partial charge in [-0.05, 0) is 18.6 Å². The van der Waals surface area contributed by atoms with Crippen molar-refractivity contribution in [2.24, 2.45) is 0 Å². The Bertz CT molecular complexity index is 700. The van der Waals surface area contributed by atoms with Crippen molar-refractivity contribution >= 4 is 15.9 Å². The van der Waals surface area contributed by atoms with Crippen molar-refractivity contribution in [3.05, 3.63) is 29.8 Å². The summed E-state index contributed by atoms with van der Waals surface area (Å²) in [7, 11) is -3.63. The number of benzene rings is 1. The summed E-state index contributed by atoms with van der Waals surface area (Å²) in [5, 5.41) is 0. The fourth-order valence-electron chi connectivity index (χ4n) is 3.90. The van der Waals surface area contributed by atoms with E-state index in [0.29, 0.717) is 12.1 Å². The standard InChI is InChI=1S/C23H37NO3S/c1-2-3-4-5-6-7-8-9-10-11-12-13-14-17-20-24-23(25)21-18-15-16-19-22(21)28(24,26)27/h15-16,18-19H,2-14,17,20H2,1H3. The number of unbranched alkanes of at least 4 members (excludes halogenated alkanes) is 13. The SMILES string of the molecule is CCCCCCCCCCCCCCCCN1C(=O)c2ccccc2S1(=O)=O. The van der Waals surface area contributed by atoms with Gasteiger partial charge in [-0.3, -0.25) is 4.79 Å². The van der Waals surface area contributed by atoms with Crippen LogP contribution in [0.4, 0.5) is 0 Å². The normalized spacial score (nSPS) is 15.2. The third-order valence-corrected chi connectivity index (χ3v) is 7.47. The van der Waals surface area contributed by atoms with E-state index in [1.165, 1.54) is 76.7 Å². The van der Waals surface area contributed by atoms with Gasteiger partial charge in [0.15, 0.2) is 0 Å². The summed E-state index contributed by atoms with van der Waals surface area (Å²) in [6.45, 7) is 2.56. The lowest BCUT2D eigenvalue weighted by Gasteiger charge is -2.14. The van der Waals surface area contributed by atoms with Gasteiger partial charge in [0.05, 0.1) is 5.56 Å². The van der Waals surface area contributed by atoms with Crippen LogP contribution in [0.1, 0.15) is 107 Å². The fourth-order valence-corrected chi connectivity index (χ4v) is 5.51. The first-order chi connectivity index (χ1) is 13.6. The molecule has 1 amide bonds. The van der Waals surface area contributed by atoms with Gasteiger partial charge in [-0.25, -0.2) is 12.7 Å².